The summed E-state index contributed by atoms with van der Waals surface area (Å²) in [5.74, 6) is 0.849. The van der Waals surface area contributed by atoms with Crippen molar-refractivity contribution in [1.29, 1.82) is 0 Å². The van der Waals surface area contributed by atoms with Gasteiger partial charge in [0, 0.05) is 5.69 Å². The van der Waals surface area contributed by atoms with Crippen LogP contribution in [0, 0.1) is 5.82 Å². The van der Waals surface area contributed by atoms with Crippen molar-refractivity contribution < 1.29 is 23.4 Å². The van der Waals surface area contributed by atoms with Gasteiger partial charge < -0.3 is 19.5 Å². The number of amides is 1. The Balaban J connectivity index is 1.80. The SMILES string of the molecule is COc1cc(C=C2SC(=S)N(CNc3cccc(F)c3)C2=O)cc(OC)c1OC. The summed E-state index contributed by atoms with van der Waals surface area (Å²) in [5.41, 5.74) is 1.27. The molecule has 2 aromatic rings. The summed E-state index contributed by atoms with van der Waals surface area (Å²) in [4.78, 5) is 14.7. The molecule has 0 saturated carbocycles. The first-order chi connectivity index (χ1) is 14.0. The number of nitrogens with zero attached hydrogens (tertiary/aromatic N) is 1. The Morgan fingerprint density at radius 1 is 1.14 bits per heavy atom. The van der Waals surface area contributed by atoms with Crippen LogP contribution in [0.25, 0.3) is 6.08 Å². The molecule has 1 N–H and O–H groups in total. The molecule has 0 aromatic heterocycles. The highest BCUT2D eigenvalue weighted by molar-refractivity contribution is 8.26. The van der Waals surface area contributed by atoms with E-state index in [4.69, 9.17) is 26.4 Å². The number of hydrogen-bond acceptors (Lipinski definition) is 7. The number of halogens is 1. The Hall–Kier alpha value is -2.78. The molecular formula is C20H19FN2O4S2. The minimum Gasteiger partial charge on any atom is -0.493 e. The number of benzene rings is 2. The summed E-state index contributed by atoms with van der Waals surface area (Å²) < 4.78 is 29.7. The molecule has 1 aliphatic rings. The zero-order valence-electron chi connectivity index (χ0n) is 16.0. The summed E-state index contributed by atoms with van der Waals surface area (Å²) in [5, 5.41) is 3.00. The van der Waals surface area contributed by atoms with Gasteiger partial charge in [-0.2, -0.15) is 0 Å². The maximum Gasteiger partial charge on any atom is 0.267 e. The number of carbonyl (C=O) groups excluding carboxylic acids is 1. The lowest BCUT2D eigenvalue weighted by molar-refractivity contribution is -0.121. The van der Waals surface area contributed by atoms with E-state index < -0.39 is 0 Å². The van der Waals surface area contributed by atoms with Crippen LogP contribution in [0.2, 0.25) is 0 Å². The van der Waals surface area contributed by atoms with E-state index in [0.29, 0.717) is 37.7 Å². The van der Waals surface area contributed by atoms with Crippen molar-refractivity contribution >= 4 is 46.0 Å². The largest absolute Gasteiger partial charge is 0.493 e. The van der Waals surface area contributed by atoms with Crippen molar-refractivity contribution in [2.24, 2.45) is 0 Å². The lowest BCUT2D eigenvalue weighted by atomic mass is 10.1. The number of thiocarbonyl (C=S) groups is 1. The van der Waals surface area contributed by atoms with E-state index in [0.717, 1.165) is 0 Å². The highest BCUT2D eigenvalue weighted by Gasteiger charge is 2.32. The molecule has 1 saturated heterocycles. The van der Waals surface area contributed by atoms with Gasteiger partial charge in [0.1, 0.15) is 10.1 Å². The van der Waals surface area contributed by atoms with E-state index >= 15 is 0 Å². The molecule has 152 valence electrons. The minimum absolute atomic E-state index is 0.140. The Labute approximate surface area is 177 Å². The summed E-state index contributed by atoms with van der Waals surface area (Å²) >= 11 is 6.53. The number of carbonyl (C=O) groups is 1. The normalized spacial score (nSPS) is 15.0. The van der Waals surface area contributed by atoms with Gasteiger partial charge in [-0.25, -0.2) is 4.39 Å². The van der Waals surface area contributed by atoms with Gasteiger partial charge in [0.15, 0.2) is 11.5 Å². The van der Waals surface area contributed by atoms with Crippen molar-refractivity contribution in [2.75, 3.05) is 33.3 Å². The smallest absolute Gasteiger partial charge is 0.267 e. The molecule has 0 atom stereocenters. The third kappa shape index (κ3) is 4.63. The van der Waals surface area contributed by atoms with Crippen LogP contribution in [0.4, 0.5) is 10.1 Å². The average Bonchev–Trinajstić information content (AvgIpc) is 2.98. The van der Waals surface area contributed by atoms with Crippen LogP contribution in [-0.4, -0.2) is 43.1 Å². The van der Waals surface area contributed by atoms with E-state index in [1.165, 1.54) is 50.1 Å². The molecule has 29 heavy (non-hydrogen) atoms. The molecule has 0 unspecified atom stereocenters. The van der Waals surface area contributed by atoms with Gasteiger partial charge in [-0.3, -0.25) is 9.69 Å². The first-order valence-electron chi connectivity index (χ1n) is 8.51. The van der Waals surface area contributed by atoms with Crippen LogP contribution in [0.1, 0.15) is 5.56 Å². The summed E-state index contributed by atoms with van der Waals surface area (Å²) in [7, 11) is 4.58. The van der Waals surface area contributed by atoms with Gasteiger partial charge in [-0.1, -0.05) is 30.0 Å². The van der Waals surface area contributed by atoms with Crippen LogP contribution in [0.5, 0.6) is 17.2 Å². The predicted octanol–water partition coefficient (Wildman–Crippen LogP) is 4.12. The monoisotopic (exact) mass is 434 g/mol. The zero-order chi connectivity index (χ0) is 21.0. The van der Waals surface area contributed by atoms with Gasteiger partial charge >= 0.3 is 0 Å². The molecule has 1 heterocycles. The van der Waals surface area contributed by atoms with Crippen molar-refractivity contribution in [3.8, 4) is 17.2 Å². The number of anilines is 1. The van der Waals surface area contributed by atoms with Crippen LogP contribution in [-0.2, 0) is 4.79 Å². The van der Waals surface area contributed by atoms with Gasteiger partial charge in [0.05, 0.1) is 32.9 Å². The Morgan fingerprint density at radius 2 is 1.83 bits per heavy atom. The molecule has 3 rings (SSSR count). The fraction of sp³-hybridized carbons (Fsp3) is 0.200. The predicted molar refractivity (Wildman–Crippen MR) is 116 cm³/mol. The van der Waals surface area contributed by atoms with Crippen LogP contribution < -0.4 is 19.5 Å². The second-order valence-corrected chi connectivity index (χ2v) is 7.59. The summed E-state index contributed by atoms with van der Waals surface area (Å²) in [6, 6.07) is 9.50. The number of thioether (sulfide) groups is 1. The lowest BCUT2D eigenvalue weighted by Gasteiger charge is -2.16. The number of rotatable bonds is 7. The summed E-state index contributed by atoms with van der Waals surface area (Å²) in [6.07, 6.45) is 1.71. The molecule has 2 aromatic carbocycles. The molecule has 0 spiro atoms. The fourth-order valence-electron chi connectivity index (χ4n) is 2.74. The lowest BCUT2D eigenvalue weighted by Crippen LogP contribution is -2.33. The van der Waals surface area contributed by atoms with Gasteiger partial charge in [-0.05, 0) is 42.0 Å². The molecule has 6 nitrogen and oxygen atoms in total. The molecule has 1 amide bonds. The molecule has 9 heteroatoms. The fourth-order valence-corrected chi connectivity index (χ4v) is 4.00. The van der Waals surface area contributed by atoms with Crippen molar-refractivity contribution in [3.05, 3.63) is 52.7 Å². The first-order valence-corrected chi connectivity index (χ1v) is 9.74. The standard InChI is InChI=1S/C20H19FN2O4S2/c1-25-15-7-12(8-16(26-2)18(15)27-3)9-17-19(24)23(20(28)29-17)11-22-14-6-4-5-13(21)10-14/h4-10,22H,11H2,1-3H3. The van der Waals surface area contributed by atoms with Crippen LogP contribution in [0.3, 0.4) is 0 Å². The van der Waals surface area contributed by atoms with E-state index in [-0.39, 0.29) is 18.4 Å². The number of methoxy groups -OCH3 is 3. The highest BCUT2D eigenvalue weighted by Crippen LogP contribution is 2.40. The second-order valence-electron chi connectivity index (χ2n) is 5.91. The maximum atomic E-state index is 13.3. The van der Waals surface area contributed by atoms with Crippen molar-refractivity contribution in [1.82, 2.24) is 4.90 Å². The van der Waals surface area contributed by atoms with E-state index in [1.54, 1.807) is 30.3 Å². The Morgan fingerprint density at radius 3 is 2.41 bits per heavy atom. The maximum absolute atomic E-state index is 13.3. The second kappa shape index (κ2) is 9.15. The van der Waals surface area contributed by atoms with Gasteiger partial charge in [0.2, 0.25) is 5.75 Å². The number of nitrogens with one attached hydrogen (secondary N) is 1. The van der Waals surface area contributed by atoms with Gasteiger partial charge in [-0.15, -0.1) is 0 Å². The topological polar surface area (TPSA) is 60.0 Å². The number of ether oxygens (including phenoxy) is 3. The third-order valence-electron chi connectivity index (χ3n) is 4.12. The molecule has 1 fully saturated rings. The van der Waals surface area contributed by atoms with E-state index in [2.05, 4.69) is 5.32 Å². The van der Waals surface area contributed by atoms with Gasteiger partial charge in [0.25, 0.3) is 5.91 Å². The first kappa shape index (κ1) is 20.9. The third-order valence-corrected chi connectivity index (χ3v) is 5.50. The minimum atomic E-state index is -0.359. The summed E-state index contributed by atoms with van der Waals surface area (Å²) in [6.45, 7) is 0.140. The molecule has 0 radical (unpaired) electrons. The Bertz CT molecular complexity index is 956. The molecule has 1 aliphatic heterocycles. The van der Waals surface area contributed by atoms with E-state index in [1.807, 2.05) is 0 Å². The number of hydrogen-bond donors (Lipinski definition) is 1. The zero-order valence-corrected chi connectivity index (χ0v) is 17.7. The molecule has 0 aliphatic carbocycles. The van der Waals surface area contributed by atoms with E-state index in [9.17, 15) is 9.18 Å². The average molecular weight is 435 g/mol. The Kier molecular flexibility index (Phi) is 6.60. The molecule has 0 bridgehead atoms. The van der Waals surface area contributed by atoms with Crippen molar-refractivity contribution in [3.63, 3.8) is 0 Å². The van der Waals surface area contributed by atoms with Crippen molar-refractivity contribution in [2.45, 2.75) is 0 Å². The quantitative estimate of drug-likeness (QED) is 0.520. The van der Waals surface area contributed by atoms with Crippen LogP contribution >= 0.6 is 24.0 Å². The molecular weight excluding hydrogens is 415 g/mol. The highest BCUT2D eigenvalue weighted by atomic mass is 32.2. The van der Waals surface area contributed by atoms with Crippen LogP contribution in [0.15, 0.2) is 41.3 Å².